The number of carbonyl (C=O) groups excluding carboxylic acids is 3. The quantitative estimate of drug-likeness (QED) is 0.869. The number of hydrogen-bond acceptors (Lipinski definition) is 4. The van der Waals surface area contributed by atoms with Gasteiger partial charge in [-0.1, -0.05) is 12.1 Å². The van der Waals surface area contributed by atoms with Gasteiger partial charge < -0.3 is 5.32 Å². The average Bonchev–Trinajstić information content (AvgIpc) is 2.81. The van der Waals surface area contributed by atoms with Gasteiger partial charge in [0.15, 0.2) is 0 Å². The summed E-state index contributed by atoms with van der Waals surface area (Å²) >= 11 is 0. The van der Waals surface area contributed by atoms with Gasteiger partial charge in [-0.2, -0.15) is 0 Å². The fourth-order valence-corrected chi connectivity index (χ4v) is 2.55. The molecule has 116 valence electrons. The second kappa shape index (κ2) is 6.00. The summed E-state index contributed by atoms with van der Waals surface area (Å²) in [5.41, 5.74) is 1.58. The maximum atomic E-state index is 12.2. The highest BCUT2D eigenvalue weighted by Crippen LogP contribution is 2.22. The SMILES string of the molecule is CC(NC(=O)CN1C(=O)c2ccccc2C1=O)c1ccncc1. The molecule has 1 aromatic heterocycles. The highest BCUT2D eigenvalue weighted by Gasteiger charge is 2.36. The number of fused-ring (bicyclic) bond motifs is 1. The van der Waals surface area contributed by atoms with E-state index in [1.165, 1.54) is 0 Å². The van der Waals surface area contributed by atoms with E-state index in [2.05, 4.69) is 10.3 Å². The largest absolute Gasteiger partial charge is 0.348 e. The molecule has 23 heavy (non-hydrogen) atoms. The van der Waals surface area contributed by atoms with Crippen molar-refractivity contribution in [3.63, 3.8) is 0 Å². The molecule has 1 atom stereocenters. The molecule has 1 N–H and O–H groups in total. The van der Waals surface area contributed by atoms with E-state index >= 15 is 0 Å². The Morgan fingerprint density at radius 2 is 1.65 bits per heavy atom. The number of amides is 3. The standard InChI is InChI=1S/C17H15N3O3/c1-11(12-6-8-18-9-7-12)19-15(21)10-20-16(22)13-4-2-3-5-14(13)17(20)23/h2-9,11H,10H2,1H3,(H,19,21). The maximum Gasteiger partial charge on any atom is 0.262 e. The second-order valence-corrected chi connectivity index (χ2v) is 5.31. The molecular weight excluding hydrogens is 294 g/mol. The third-order valence-electron chi connectivity index (χ3n) is 3.76. The van der Waals surface area contributed by atoms with Crippen LogP contribution in [0.5, 0.6) is 0 Å². The minimum absolute atomic E-state index is 0.235. The summed E-state index contributed by atoms with van der Waals surface area (Å²) in [7, 11) is 0. The van der Waals surface area contributed by atoms with Crippen molar-refractivity contribution < 1.29 is 14.4 Å². The Labute approximate surface area is 133 Å². The topological polar surface area (TPSA) is 79.4 Å². The predicted octanol–water partition coefficient (Wildman–Crippen LogP) is 1.55. The molecule has 2 heterocycles. The summed E-state index contributed by atoms with van der Waals surface area (Å²) in [5.74, 6) is -1.25. The van der Waals surface area contributed by atoms with Crippen molar-refractivity contribution in [2.45, 2.75) is 13.0 Å². The summed E-state index contributed by atoms with van der Waals surface area (Å²) in [6.07, 6.45) is 3.28. The van der Waals surface area contributed by atoms with Gasteiger partial charge in [-0.3, -0.25) is 24.3 Å². The fourth-order valence-electron chi connectivity index (χ4n) is 2.55. The second-order valence-electron chi connectivity index (χ2n) is 5.31. The third-order valence-corrected chi connectivity index (χ3v) is 3.76. The number of pyridine rings is 1. The number of nitrogens with zero attached hydrogens (tertiary/aromatic N) is 2. The van der Waals surface area contributed by atoms with Gasteiger partial charge in [-0.05, 0) is 36.8 Å². The summed E-state index contributed by atoms with van der Waals surface area (Å²) in [6.45, 7) is 1.54. The minimum Gasteiger partial charge on any atom is -0.348 e. The van der Waals surface area contributed by atoms with Crippen molar-refractivity contribution >= 4 is 17.7 Å². The van der Waals surface area contributed by atoms with Gasteiger partial charge >= 0.3 is 0 Å². The van der Waals surface area contributed by atoms with Crippen LogP contribution in [-0.2, 0) is 4.79 Å². The molecule has 3 amide bonds. The van der Waals surface area contributed by atoms with E-state index in [0.29, 0.717) is 11.1 Å². The van der Waals surface area contributed by atoms with Crippen LogP contribution in [0, 0.1) is 0 Å². The van der Waals surface area contributed by atoms with Crippen molar-refractivity contribution in [3.8, 4) is 0 Å². The molecule has 0 bridgehead atoms. The van der Waals surface area contributed by atoms with E-state index < -0.39 is 11.8 Å². The number of rotatable bonds is 4. The van der Waals surface area contributed by atoms with Gasteiger partial charge in [0.25, 0.3) is 11.8 Å². The van der Waals surface area contributed by atoms with Gasteiger partial charge in [0.2, 0.25) is 5.91 Å². The lowest BCUT2D eigenvalue weighted by atomic mass is 10.1. The van der Waals surface area contributed by atoms with Crippen molar-refractivity contribution in [1.82, 2.24) is 15.2 Å². The van der Waals surface area contributed by atoms with Crippen molar-refractivity contribution in [2.24, 2.45) is 0 Å². The molecule has 1 aliphatic heterocycles. The van der Waals surface area contributed by atoms with Gasteiger partial charge in [0, 0.05) is 12.4 Å². The van der Waals surface area contributed by atoms with Gasteiger partial charge in [0.05, 0.1) is 17.2 Å². The highest BCUT2D eigenvalue weighted by molar-refractivity contribution is 6.22. The molecule has 1 aliphatic rings. The molecule has 0 saturated heterocycles. The zero-order valence-corrected chi connectivity index (χ0v) is 12.5. The van der Waals surface area contributed by atoms with Crippen LogP contribution in [0.4, 0.5) is 0 Å². The van der Waals surface area contributed by atoms with Crippen molar-refractivity contribution in [1.29, 1.82) is 0 Å². The van der Waals surface area contributed by atoms with E-state index in [9.17, 15) is 14.4 Å². The monoisotopic (exact) mass is 309 g/mol. The molecule has 1 unspecified atom stereocenters. The minimum atomic E-state index is -0.433. The molecule has 0 aliphatic carbocycles. The van der Waals surface area contributed by atoms with Crippen LogP contribution in [0.3, 0.4) is 0 Å². The number of nitrogens with one attached hydrogen (secondary N) is 1. The molecule has 0 spiro atoms. The maximum absolute atomic E-state index is 12.2. The van der Waals surface area contributed by atoms with Crippen LogP contribution in [0.2, 0.25) is 0 Å². The van der Waals surface area contributed by atoms with E-state index in [0.717, 1.165) is 10.5 Å². The van der Waals surface area contributed by atoms with E-state index in [1.807, 2.05) is 6.92 Å². The zero-order chi connectivity index (χ0) is 16.4. The van der Waals surface area contributed by atoms with Crippen LogP contribution >= 0.6 is 0 Å². The number of benzene rings is 1. The van der Waals surface area contributed by atoms with Crippen LogP contribution in [0.15, 0.2) is 48.8 Å². The first kappa shape index (κ1) is 14.9. The fraction of sp³-hybridized carbons (Fsp3) is 0.176. The third kappa shape index (κ3) is 2.83. The molecular formula is C17H15N3O3. The first-order valence-electron chi connectivity index (χ1n) is 7.22. The lowest BCUT2D eigenvalue weighted by Crippen LogP contribution is -2.41. The molecule has 3 rings (SSSR count). The molecule has 6 nitrogen and oxygen atoms in total. The molecule has 0 saturated carbocycles. The van der Waals surface area contributed by atoms with E-state index in [4.69, 9.17) is 0 Å². The Kier molecular flexibility index (Phi) is 3.89. The molecule has 6 heteroatoms. The van der Waals surface area contributed by atoms with Crippen LogP contribution in [0.1, 0.15) is 39.2 Å². The Balaban J connectivity index is 1.68. The summed E-state index contributed by atoms with van der Waals surface area (Å²) in [5, 5.41) is 2.78. The highest BCUT2D eigenvalue weighted by atomic mass is 16.2. The van der Waals surface area contributed by atoms with E-state index in [1.54, 1.807) is 48.8 Å². The summed E-state index contributed by atoms with van der Waals surface area (Å²) < 4.78 is 0. The average molecular weight is 309 g/mol. The predicted molar refractivity (Wildman–Crippen MR) is 82.6 cm³/mol. The first-order valence-corrected chi connectivity index (χ1v) is 7.22. The number of imide groups is 1. The summed E-state index contributed by atoms with van der Waals surface area (Å²) in [4.78, 5) is 41.5. The Bertz CT molecular complexity index is 739. The van der Waals surface area contributed by atoms with Crippen LogP contribution in [0.25, 0.3) is 0 Å². The van der Waals surface area contributed by atoms with Gasteiger partial charge in [-0.25, -0.2) is 0 Å². The Morgan fingerprint density at radius 1 is 1.09 bits per heavy atom. The Hall–Kier alpha value is -3.02. The summed E-state index contributed by atoms with van der Waals surface area (Å²) in [6, 6.07) is 9.93. The number of aromatic nitrogens is 1. The molecule has 0 radical (unpaired) electrons. The van der Waals surface area contributed by atoms with Crippen LogP contribution < -0.4 is 5.32 Å². The molecule has 2 aromatic rings. The van der Waals surface area contributed by atoms with Gasteiger partial charge in [0.1, 0.15) is 6.54 Å². The smallest absolute Gasteiger partial charge is 0.262 e. The Morgan fingerprint density at radius 3 is 2.22 bits per heavy atom. The van der Waals surface area contributed by atoms with Gasteiger partial charge in [-0.15, -0.1) is 0 Å². The number of carbonyl (C=O) groups is 3. The molecule has 0 fully saturated rings. The van der Waals surface area contributed by atoms with Crippen LogP contribution in [-0.4, -0.2) is 34.2 Å². The first-order chi connectivity index (χ1) is 11.1. The van der Waals surface area contributed by atoms with Crippen molar-refractivity contribution in [3.05, 3.63) is 65.5 Å². The lowest BCUT2D eigenvalue weighted by molar-refractivity contribution is -0.122. The van der Waals surface area contributed by atoms with Crippen molar-refractivity contribution in [2.75, 3.05) is 6.54 Å². The number of hydrogen-bond donors (Lipinski definition) is 1. The van der Waals surface area contributed by atoms with E-state index in [-0.39, 0.29) is 18.5 Å². The lowest BCUT2D eigenvalue weighted by Gasteiger charge is -2.17. The normalized spacial score (nSPS) is 14.6. The zero-order valence-electron chi connectivity index (χ0n) is 12.5. The molecule has 1 aromatic carbocycles.